The van der Waals surface area contributed by atoms with Crippen LogP contribution in [0.2, 0.25) is 18.1 Å². The van der Waals surface area contributed by atoms with Crippen molar-refractivity contribution in [2.75, 3.05) is 0 Å². The molecule has 7 nitrogen and oxygen atoms in total. The van der Waals surface area contributed by atoms with Crippen molar-refractivity contribution in [2.24, 2.45) is 0 Å². The molecule has 2 aromatic rings. The molecule has 3 atom stereocenters. The van der Waals surface area contributed by atoms with Crippen LogP contribution in [0.4, 0.5) is 4.79 Å². The second-order valence-electron chi connectivity index (χ2n) is 13.9. The average Bonchev–Trinajstić information content (AvgIpc) is 3.08. The normalized spacial score (nSPS) is 20.4. The number of carbonyl (C=O) groups excluding carboxylic acids is 1. The van der Waals surface area contributed by atoms with Crippen molar-refractivity contribution in [1.82, 2.24) is 9.47 Å². The van der Waals surface area contributed by atoms with E-state index in [0.29, 0.717) is 19.4 Å². The summed E-state index contributed by atoms with van der Waals surface area (Å²) >= 11 is 0. The first kappa shape index (κ1) is 32.1. The highest BCUT2D eigenvalue weighted by atomic mass is 28.4. The number of benzene rings is 1. The monoisotopic (exact) mass is 570 g/mol. The highest BCUT2D eigenvalue weighted by molar-refractivity contribution is 6.74. The fourth-order valence-corrected chi connectivity index (χ4v) is 6.38. The molecule has 0 saturated carbocycles. The molecule has 8 heteroatoms. The third-order valence-corrected chi connectivity index (χ3v) is 12.5. The number of hydrogen-bond acceptors (Lipinski definition) is 5. The number of nitrogens with zero attached hydrogens (tertiary/aromatic N) is 2. The van der Waals surface area contributed by atoms with E-state index in [-0.39, 0.29) is 34.9 Å². The summed E-state index contributed by atoms with van der Waals surface area (Å²) in [5, 5.41) is -0.00444. The summed E-state index contributed by atoms with van der Waals surface area (Å²) in [6, 6.07) is 15.1. The minimum absolute atomic E-state index is 0.00444. The van der Waals surface area contributed by atoms with E-state index in [1.165, 1.54) is 0 Å². The molecule has 1 aliphatic rings. The van der Waals surface area contributed by atoms with Crippen LogP contribution in [0.5, 0.6) is 0 Å². The average molecular weight is 571 g/mol. The minimum atomic E-state index is -2.21. The summed E-state index contributed by atoms with van der Waals surface area (Å²) in [4.78, 5) is 27.8. The Morgan fingerprint density at radius 1 is 1.02 bits per heavy atom. The zero-order valence-electron chi connectivity index (χ0n) is 26.2. The Kier molecular flexibility index (Phi) is 9.80. The highest BCUT2D eigenvalue weighted by Gasteiger charge is 2.54. The molecule has 1 aromatic heterocycles. The predicted octanol–water partition coefficient (Wildman–Crippen LogP) is 7.00. The molecule has 222 valence electrons. The van der Waals surface area contributed by atoms with Gasteiger partial charge in [0.2, 0.25) is 5.56 Å². The van der Waals surface area contributed by atoms with Gasteiger partial charge < -0.3 is 18.5 Å². The summed E-state index contributed by atoms with van der Waals surface area (Å²) in [5.74, 6) is 0. The molecular formula is C32H50N2O5Si. The molecule has 2 heterocycles. The molecule has 0 aliphatic carbocycles. The molecular weight excluding hydrogens is 520 g/mol. The van der Waals surface area contributed by atoms with E-state index in [2.05, 4.69) is 46.0 Å². The largest absolute Gasteiger partial charge is 0.444 e. The number of carbonyl (C=O) groups is 1. The minimum Gasteiger partial charge on any atom is -0.444 e. The Balaban J connectivity index is 2.00. The molecule has 0 radical (unpaired) electrons. The first-order valence-electron chi connectivity index (χ1n) is 14.5. The molecule has 1 aliphatic heterocycles. The SMILES string of the molecule is CC(C)(C)OC(=O)N1[C@H](Cc2ccccc2)[C@@H](C(CCCn2ccccc2=O)O[Si](C)(C)C(C)(C)C)OC1(C)C. The van der Waals surface area contributed by atoms with Gasteiger partial charge in [0.1, 0.15) is 17.4 Å². The van der Waals surface area contributed by atoms with Gasteiger partial charge in [-0.3, -0.25) is 9.69 Å². The van der Waals surface area contributed by atoms with E-state index in [0.717, 1.165) is 12.0 Å². The molecule has 1 saturated heterocycles. The first-order chi connectivity index (χ1) is 18.4. The van der Waals surface area contributed by atoms with Gasteiger partial charge in [-0.1, -0.05) is 57.2 Å². The molecule has 1 fully saturated rings. The molecule has 1 aromatic carbocycles. The van der Waals surface area contributed by atoms with Gasteiger partial charge in [-0.25, -0.2) is 4.79 Å². The fourth-order valence-electron chi connectivity index (χ4n) is 5.02. The third-order valence-electron chi connectivity index (χ3n) is 8.00. The van der Waals surface area contributed by atoms with Crippen LogP contribution in [0.25, 0.3) is 0 Å². The first-order valence-corrected chi connectivity index (χ1v) is 17.4. The zero-order chi connectivity index (χ0) is 29.9. The molecule has 3 rings (SSSR count). The summed E-state index contributed by atoms with van der Waals surface area (Å²) in [5.41, 5.74) is -0.421. The third kappa shape index (κ3) is 8.08. The van der Waals surface area contributed by atoms with Gasteiger partial charge in [0, 0.05) is 18.8 Å². The van der Waals surface area contributed by atoms with Crippen LogP contribution in [0.1, 0.15) is 73.8 Å². The van der Waals surface area contributed by atoms with Gasteiger partial charge in [-0.15, -0.1) is 0 Å². The number of rotatable bonds is 9. The van der Waals surface area contributed by atoms with Gasteiger partial charge in [-0.2, -0.15) is 0 Å². The van der Waals surface area contributed by atoms with Crippen molar-refractivity contribution >= 4 is 14.4 Å². The Morgan fingerprint density at radius 2 is 1.65 bits per heavy atom. The lowest BCUT2D eigenvalue weighted by Crippen LogP contribution is -2.53. The number of pyridine rings is 1. The lowest BCUT2D eigenvalue weighted by molar-refractivity contribution is -0.102. The van der Waals surface area contributed by atoms with Crippen molar-refractivity contribution in [3.05, 3.63) is 70.6 Å². The van der Waals surface area contributed by atoms with E-state index in [1.807, 2.05) is 65.1 Å². The summed E-state index contributed by atoms with van der Waals surface area (Å²) in [6.45, 7) is 21.3. The van der Waals surface area contributed by atoms with E-state index in [1.54, 1.807) is 21.6 Å². The number of amides is 1. The number of ether oxygens (including phenoxy) is 2. The van der Waals surface area contributed by atoms with Crippen molar-refractivity contribution in [3.8, 4) is 0 Å². The van der Waals surface area contributed by atoms with Crippen LogP contribution in [0.15, 0.2) is 59.5 Å². The summed E-state index contributed by atoms with van der Waals surface area (Å²) in [7, 11) is -2.21. The quantitative estimate of drug-likeness (QED) is 0.304. The van der Waals surface area contributed by atoms with Crippen molar-refractivity contribution in [1.29, 1.82) is 0 Å². The molecule has 40 heavy (non-hydrogen) atoms. The molecule has 0 spiro atoms. The van der Waals surface area contributed by atoms with Crippen molar-refractivity contribution < 1.29 is 18.7 Å². The van der Waals surface area contributed by atoms with Gasteiger partial charge in [-0.05, 0) is 83.6 Å². The Labute approximate surface area is 242 Å². The summed E-state index contributed by atoms with van der Waals surface area (Å²) < 4.78 is 21.5. The van der Waals surface area contributed by atoms with Crippen molar-refractivity contribution in [3.63, 3.8) is 0 Å². The smallest absolute Gasteiger partial charge is 0.412 e. The van der Waals surface area contributed by atoms with Crippen LogP contribution in [0, 0.1) is 0 Å². The summed E-state index contributed by atoms with van der Waals surface area (Å²) in [6.07, 6.45) is 2.86. The van der Waals surface area contributed by atoms with Crippen LogP contribution in [0.3, 0.4) is 0 Å². The number of aromatic nitrogens is 1. The van der Waals surface area contributed by atoms with Crippen LogP contribution >= 0.6 is 0 Å². The highest BCUT2D eigenvalue weighted by Crippen LogP contribution is 2.42. The van der Waals surface area contributed by atoms with Gasteiger partial charge in [0.05, 0.1) is 12.1 Å². The predicted molar refractivity (Wildman–Crippen MR) is 163 cm³/mol. The lowest BCUT2D eigenvalue weighted by atomic mass is 9.95. The van der Waals surface area contributed by atoms with Crippen molar-refractivity contribution in [2.45, 2.75) is 129 Å². The maximum atomic E-state index is 13.7. The maximum Gasteiger partial charge on any atom is 0.412 e. The topological polar surface area (TPSA) is 70.0 Å². The fraction of sp³-hybridized carbons (Fsp3) is 0.625. The van der Waals surface area contributed by atoms with E-state index >= 15 is 0 Å². The standard InChI is InChI=1S/C32H50N2O5Si/c1-30(2,3)38-29(36)34-25(23-24-17-12-11-13-18-24)28(37-32(34,7)8)26(39-40(9,10)31(4,5)6)19-16-22-33-21-15-14-20-27(33)35/h11-15,17-18,20-21,25-26,28H,16,19,22-23H2,1-10H3/t25-,26?,28+/m1/s1. The number of aryl methyl sites for hydroxylation is 1. The molecule has 1 amide bonds. The molecule has 1 unspecified atom stereocenters. The van der Waals surface area contributed by atoms with Gasteiger partial charge >= 0.3 is 6.09 Å². The van der Waals surface area contributed by atoms with Gasteiger partial charge in [0.25, 0.3) is 0 Å². The van der Waals surface area contributed by atoms with E-state index < -0.39 is 19.6 Å². The van der Waals surface area contributed by atoms with Gasteiger partial charge in [0.15, 0.2) is 8.32 Å². The lowest BCUT2D eigenvalue weighted by Gasteiger charge is -2.41. The zero-order valence-corrected chi connectivity index (χ0v) is 27.2. The molecule has 0 bridgehead atoms. The van der Waals surface area contributed by atoms with Crippen LogP contribution in [-0.2, 0) is 26.9 Å². The Hall–Kier alpha value is -2.42. The molecule has 0 N–H and O–H groups in total. The number of hydrogen-bond donors (Lipinski definition) is 0. The second kappa shape index (κ2) is 12.2. The maximum absolute atomic E-state index is 13.7. The Bertz CT molecular complexity index is 1180. The second-order valence-corrected chi connectivity index (χ2v) is 18.7. The van der Waals surface area contributed by atoms with E-state index in [4.69, 9.17) is 13.9 Å². The Morgan fingerprint density at radius 3 is 2.23 bits per heavy atom. The van der Waals surface area contributed by atoms with Crippen LogP contribution in [-0.4, -0.2) is 53.5 Å². The van der Waals surface area contributed by atoms with E-state index in [9.17, 15) is 9.59 Å². The van der Waals surface area contributed by atoms with Crippen LogP contribution < -0.4 is 5.56 Å².